The van der Waals surface area contributed by atoms with Gasteiger partial charge in [0.2, 0.25) is 0 Å². The predicted octanol–water partition coefficient (Wildman–Crippen LogP) is 2.94. The van der Waals surface area contributed by atoms with Crippen LogP contribution in [0.4, 0.5) is 0 Å². The first-order valence-corrected chi connectivity index (χ1v) is 8.91. The molecule has 2 rings (SSSR count). The van der Waals surface area contributed by atoms with Gasteiger partial charge in [-0.3, -0.25) is 4.90 Å². The van der Waals surface area contributed by atoms with Crippen LogP contribution in [0.2, 0.25) is 0 Å². The molecule has 0 spiro atoms. The third-order valence-electron chi connectivity index (χ3n) is 4.33. The summed E-state index contributed by atoms with van der Waals surface area (Å²) in [6.07, 6.45) is 0. The lowest BCUT2D eigenvalue weighted by atomic mass is 9.79. The van der Waals surface area contributed by atoms with Gasteiger partial charge in [-0.15, -0.1) is 12.4 Å². The Morgan fingerprint density at radius 1 is 1.33 bits per heavy atom. The largest absolute Gasteiger partial charge is 0.503 e. The van der Waals surface area contributed by atoms with E-state index in [1.54, 1.807) is 0 Å². The van der Waals surface area contributed by atoms with Crippen molar-refractivity contribution in [2.24, 2.45) is 5.41 Å². The van der Waals surface area contributed by atoms with E-state index in [1.165, 1.54) is 0 Å². The number of phenolic OH excluding ortho intramolecular Hbond substituents is 1. The number of halogens is 2. The number of hydrogen-bond donors (Lipinski definition) is 3. The van der Waals surface area contributed by atoms with Gasteiger partial charge >= 0.3 is 0 Å². The molecule has 0 unspecified atom stereocenters. The van der Waals surface area contributed by atoms with Crippen LogP contribution >= 0.6 is 28.3 Å². The summed E-state index contributed by atoms with van der Waals surface area (Å²) in [6.45, 7) is 10.3. The second kappa shape index (κ2) is 9.25. The molecule has 1 aliphatic heterocycles. The molecule has 0 saturated carbocycles. The summed E-state index contributed by atoms with van der Waals surface area (Å²) in [5, 5.41) is 23.4. The number of aliphatic hydroxyl groups excluding tert-OH is 1. The number of aliphatic hydroxyl groups is 1. The van der Waals surface area contributed by atoms with E-state index in [9.17, 15) is 10.2 Å². The van der Waals surface area contributed by atoms with E-state index in [0.717, 1.165) is 31.7 Å². The monoisotopic (exact) mass is 422 g/mol. The van der Waals surface area contributed by atoms with Gasteiger partial charge in [-0.25, -0.2) is 0 Å². The van der Waals surface area contributed by atoms with Gasteiger partial charge in [0, 0.05) is 44.2 Å². The van der Waals surface area contributed by atoms with Crippen LogP contribution < -0.4 is 10.1 Å². The lowest BCUT2D eigenvalue weighted by Crippen LogP contribution is -2.49. The van der Waals surface area contributed by atoms with E-state index in [-0.39, 0.29) is 36.2 Å². The Balaban J connectivity index is 0.00000288. The molecule has 0 radical (unpaired) electrons. The predicted molar refractivity (Wildman–Crippen MR) is 102 cm³/mol. The number of piperazine rings is 1. The fraction of sp³-hybridized carbons (Fsp3) is 0.647. The van der Waals surface area contributed by atoms with Gasteiger partial charge in [-0.1, -0.05) is 13.8 Å². The van der Waals surface area contributed by atoms with Crippen LogP contribution in [-0.2, 0) is 0 Å². The normalized spacial score (nSPS) is 17.2. The molecule has 1 atom stereocenters. The summed E-state index contributed by atoms with van der Waals surface area (Å²) in [5.74, 6) is 0.599. The Labute approximate surface area is 158 Å². The number of nitrogens with one attached hydrogen (secondary N) is 1. The van der Waals surface area contributed by atoms with Gasteiger partial charge in [0.1, 0.15) is 0 Å². The number of benzene rings is 1. The first kappa shape index (κ1) is 21.5. The Hall–Kier alpha value is -0.530. The van der Waals surface area contributed by atoms with Crippen molar-refractivity contribution < 1.29 is 14.9 Å². The highest BCUT2D eigenvalue weighted by Crippen LogP contribution is 2.44. The minimum atomic E-state index is -0.308. The van der Waals surface area contributed by atoms with Gasteiger partial charge < -0.3 is 20.3 Å². The summed E-state index contributed by atoms with van der Waals surface area (Å²) in [4.78, 5) is 2.39. The zero-order valence-corrected chi connectivity index (χ0v) is 16.9. The van der Waals surface area contributed by atoms with Crippen molar-refractivity contribution in [2.75, 3.05) is 39.4 Å². The summed E-state index contributed by atoms with van der Waals surface area (Å²) in [7, 11) is 0. The molecule has 3 N–H and O–H groups in total. The molecule has 0 aliphatic carbocycles. The number of ether oxygens (including phenoxy) is 1. The van der Waals surface area contributed by atoms with Crippen molar-refractivity contribution in [3.8, 4) is 11.5 Å². The lowest BCUT2D eigenvalue weighted by Gasteiger charge is -2.43. The molecular formula is C17H28BrClN2O3. The average molecular weight is 424 g/mol. The van der Waals surface area contributed by atoms with Crippen LogP contribution in [0.15, 0.2) is 16.6 Å². The van der Waals surface area contributed by atoms with Crippen LogP contribution in [0.3, 0.4) is 0 Å². The molecule has 1 aromatic carbocycles. The number of nitrogens with zero attached hydrogens (tertiary/aromatic N) is 1. The Morgan fingerprint density at radius 3 is 2.50 bits per heavy atom. The Kier molecular flexibility index (Phi) is 8.29. The zero-order chi connectivity index (χ0) is 17.0. The van der Waals surface area contributed by atoms with Gasteiger partial charge in [0.15, 0.2) is 11.5 Å². The minimum absolute atomic E-state index is 0. The quantitative estimate of drug-likeness (QED) is 0.656. The number of aromatic hydroxyl groups is 1. The third-order valence-corrected chi connectivity index (χ3v) is 4.94. The summed E-state index contributed by atoms with van der Waals surface area (Å²) < 4.78 is 6.19. The van der Waals surface area contributed by atoms with Crippen LogP contribution in [0.1, 0.15) is 32.4 Å². The number of rotatable bonds is 6. The van der Waals surface area contributed by atoms with Crippen LogP contribution in [0, 0.1) is 5.41 Å². The highest BCUT2D eigenvalue weighted by molar-refractivity contribution is 9.10. The molecule has 24 heavy (non-hydrogen) atoms. The summed E-state index contributed by atoms with van der Waals surface area (Å²) in [5.41, 5.74) is 0.733. The molecule has 138 valence electrons. The third kappa shape index (κ3) is 4.76. The molecule has 5 nitrogen and oxygen atoms in total. The van der Waals surface area contributed by atoms with Crippen LogP contribution in [-0.4, -0.2) is 54.5 Å². The van der Waals surface area contributed by atoms with E-state index in [2.05, 4.69) is 40.0 Å². The number of hydrogen-bond acceptors (Lipinski definition) is 5. The van der Waals surface area contributed by atoms with E-state index >= 15 is 0 Å². The van der Waals surface area contributed by atoms with Gasteiger partial charge in [-0.05, 0) is 40.5 Å². The van der Waals surface area contributed by atoms with E-state index < -0.39 is 0 Å². The van der Waals surface area contributed by atoms with Crippen molar-refractivity contribution in [3.63, 3.8) is 0 Å². The van der Waals surface area contributed by atoms with E-state index in [1.807, 2.05) is 19.1 Å². The van der Waals surface area contributed by atoms with Crippen molar-refractivity contribution >= 4 is 28.3 Å². The fourth-order valence-corrected chi connectivity index (χ4v) is 3.66. The highest BCUT2D eigenvalue weighted by atomic mass is 79.9. The molecule has 1 saturated heterocycles. The van der Waals surface area contributed by atoms with Gasteiger partial charge in [0.25, 0.3) is 0 Å². The van der Waals surface area contributed by atoms with Crippen molar-refractivity contribution in [2.45, 2.75) is 26.8 Å². The summed E-state index contributed by atoms with van der Waals surface area (Å²) >= 11 is 3.42. The molecule has 0 amide bonds. The molecule has 0 aromatic heterocycles. The maximum atomic E-state index is 10.2. The molecular weight excluding hydrogens is 396 g/mol. The summed E-state index contributed by atoms with van der Waals surface area (Å²) in [6, 6.07) is 3.88. The molecule has 1 fully saturated rings. The fourth-order valence-electron chi connectivity index (χ4n) is 3.20. The van der Waals surface area contributed by atoms with Crippen LogP contribution in [0.25, 0.3) is 0 Å². The number of phenols is 1. The van der Waals surface area contributed by atoms with Crippen molar-refractivity contribution in [1.29, 1.82) is 0 Å². The average Bonchev–Trinajstić information content (AvgIpc) is 2.53. The Bertz CT molecular complexity index is 537. The minimum Gasteiger partial charge on any atom is -0.503 e. The highest BCUT2D eigenvalue weighted by Gasteiger charge is 2.36. The van der Waals surface area contributed by atoms with Crippen molar-refractivity contribution in [1.82, 2.24) is 10.2 Å². The Morgan fingerprint density at radius 2 is 1.96 bits per heavy atom. The molecule has 1 aliphatic rings. The first-order chi connectivity index (χ1) is 10.9. The smallest absolute Gasteiger partial charge is 0.172 e. The lowest BCUT2D eigenvalue weighted by molar-refractivity contribution is 0.0303. The molecule has 0 bridgehead atoms. The standard InChI is InChI=1S/C17H27BrN2O3.ClH/c1-4-23-14-10-12(9-13(18)15(14)22)16(17(2,3)11-21)20-7-5-19-6-8-20;/h9-10,16,19,21-22H,4-8,11H2,1-3H3;1H/t16-;/m1./s1. The topological polar surface area (TPSA) is 65.0 Å². The van der Waals surface area contributed by atoms with Crippen LogP contribution in [0.5, 0.6) is 11.5 Å². The maximum absolute atomic E-state index is 10.2. The van der Waals surface area contributed by atoms with Gasteiger partial charge in [0.05, 0.1) is 11.1 Å². The molecule has 1 heterocycles. The first-order valence-electron chi connectivity index (χ1n) is 8.11. The SMILES string of the molecule is CCOc1cc([C@@H](N2CCNCC2)C(C)(C)CO)cc(Br)c1O.Cl. The zero-order valence-electron chi connectivity index (χ0n) is 14.5. The second-order valence-electron chi connectivity index (χ2n) is 6.62. The van der Waals surface area contributed by atoms with E-state index in [4.69, 9.17) is 4.74 Å². The molecule has 1 aromatic rings. The molecule has 7 heteroatoms. The second-order valence-corrected chi connectivity index (χ2v) is 7.47. The van der Waals surface area contributed by atoms with Crippen molar-refractivity contribution in [3.05, 3.63) is 22.2 Å². The van der Waals surface area contributed by atoms with E-state index in [0.29, 0.717) is 16.8 Å². The maximum Gasteiger partial charge on any atom is 0.172 e. The van der Waals surface area contributed by atoms with Gasteiger partial charge in [-0.2, -0.15) is 0 Å².